The second-order valence-electron chi connectivity index (χ2n) is 4.82. The summed E-state index contributed by atoms with van der Waals surface area (Å²) in [5.74, 6) is 0. The fourth-order valence-electron chi connectivity index (χ4n) is 2.25. The topological polar surface area (TPSA) is 17.8 Å². The minimum atomic E-state index is 0.250. The zero-order chi connectivity index (χ0) is 11.9. The molecule has 0 radical (unpaired) electrons. The van der Waals surface area contributed by atoms with E-state index < -0.39 is 0 Å². The van der Waals surface area contributed by atoms with Gasteiger partial charge >= 0.3 is 0 Å². The number of alkyl halides is 1. The second kappa shape index (κ2) is 4.34. The summed E-state index contributed by atoms with van der Waals surface area (Å²) in [4.78, 5) is 0. The third kappa shape index (κ3) is 2.04. The first-order valence-electron chi connectivity index (χ1n) is 5.86. The van der Waals surface area contributed by atoms with Gasteiger partial charge in [-0.3, -0.25) is 4.68 Å². The first kappa shape index (κ1) is 12.4. The van der Waals surface area contributed by atoms with Crippen LogP contribution >= 0.6 is 27.5 Å². The number of halogens is 2. The van der Waals surface area contributed by atoms with Crippen LogP contribution in [-0.4, -0.2) is 15.2 Å². The standard InChI is InChI=1S/C12H18BrClN2/c1-4-16-10(11(13)8(2)15-16)7-12(5-6-12)9(3)14/h9H,4-7H2,1-3H3. The Balaban J connectivity index is 2.27. The molecule has 0 N–H and O–H groups in total. The van der Waals surface area contributed by atoms with Crippen LogP contribution in [0.5, 0.6) is 0 Å². The predicted octanol–water partition coefficient (Wildman–Crippen LogP) is 3.92. The van der Waals surface area contributed by atoms with Crippen LogP contribution in [-0.2, 0) is 13.0 Å². The Morgan fingerprint density at radius 2 is 2.19 bits per heavy atom. The van der Waals surface area contributed by atoms with Gasteiger partial charge in [0.2, 0.25) is 0 Å². The lowest BCUT2D eigenvalue weighted by Crippen LogP contribution is -2.18. The summed E-state index contributed by atoms with van der Waals surface area (Å²) >= 11 is 9.94. The van der Waals surface area contributed by atoms with Gasteiger partial charge in [-0.05, 0) is 61.4 Å². The lowest BCUT2D eigenvalue weighted by molar-refractivity contribution is 0.467. The Morgan fingerprint density at radius 3 is 2.62 bits per heavy atom. The van der Waals surface area contributed by atoms with Crippen molar-refractivity contribution in [3.05, 3.63) is 15.9 Å². The molecule has 0 aliphatic heterocycles. The normalized spacial score (nSPS) is 19.8. The Hall–Kier alpha value is -0.0200. The molecule has 1 saturated carbocycles. The molecule has 1 aliphatic carbocycles. The van der Waals surface area contributed by atoms with E-state index in [0.29, 0.717) is 5.41 Å². The van der Waals surface area contributed by atoms with E-state index in [1.54, 1.807) is 0 Å². The van der Waals surface area contributed by atoms with Gasteiger partial charge in [0.15, 0.2) is 0 Å². The van der Waals surface area contributed by atoms with Crippen molar-refractivity contribution in [2.45, 2.75) is 52.0 Å². The highest BCUT2D eigenvalue weighted by atomic mass is 79.9. The number of nitrogens with zero attached hydrogens (tertiary/aromatic N) is 2. The van der Waals surface area contributed by atoms with Gasteiger partial charge in [0.05, 0.1) is 15.9 Å². The highest BCUT2D eigenvalue weighted by Crippen LogP contribution is 2.53. The van der Waals surface area contributed by atoms with E-state index >= 15 is 0 Å². The number of hydrogen-bond donors (Lipinski definition) is 0. The molecule has 0 amide bonds. The smallest absolute Gasteiger partial charge is 0.0738 e. The largest absolute Gasteiger partial charge is 0.268 e. The maximum atomic E-state index is 6.29. The molecule has 0 bridgehead atoms. The minimum absolute atomic E-state index is 0.250. The van der Waals surface area contributed by atoms with E-state index in [-0.39, 0.29) is 5.38 Å². The predicted molar refractivity (Wildman–Crippen MR) is 71.0 cm³/mol. The summed E-state index contributed by atoms with van der Waals surface area (Å²) in [6.45, 7) is 7.21. The number of aromatic nitrogens is 2. The molecular weight excluding hydrogens is 288 g/mol. The quantitative estimate of drug-likeness (QED) is 0.771. The van der Waals surface area contributed by atoms with Crippen LogP contribution in [0.25, 0.3) is 0 Å². The first-order valence-corrected chi connectivity index (χ1v) is 7.09. The van der Waals surface area contributed by atoms with Crippen molar-refractivity contribution in [1.82, 2.24) is 9.78 Å². The molecule has 1 aliphatic rings. The van der Waals surface area contributed by atoms with Gasteiger partial charge in [0, 0.05) is 11.9 Å². The maximum Gasteiger partial charge on any atom is 0.0738 e. The molecule has 4 heteroatoms. The Kier molecular flexibility index (Phi) is 3.37. The van der Waals surface area contributed by atoms with E-state index in [2.05, 4.69) is 39.6 Å². The highest BCUT2D eigenvalue weighted by molar-refractivity contribution is 9.10. The van der Waals surface area contributed by atoms with Gasteiger partial charge in [-0.25, -0.2) is 0 Å². The Labute approximate surface area is 110 Å². The molecule has 0 aromatic carbocycles. The van der Waals surface area contributed by atoms with Crippen LogP contribution in [0.15, 0.2) is 4.47 Å². The number of aryl methyl sites for hydroxylation is 2. The first-order chi connectivity index (χ1) is 7.50. The van der Waals surface area contributed by atoms with Crippen LogP contribution in [0.1, 0.15) is 38.1 Å². The highest BCUT2D eigenvalue weighted by Gasteiger charge is 2.47. The lowest BCUT2D eigenvalue weighted by atomic mass is 9.96. The molecule has 1 fully saturated rings. The average Bonchev–Trinajstić information content (AvgIpc) is 2.97. The van der Waals surface area contributed by atoms with E-state index in [9.17, 15) is 0 Å². The maximum absolute atomic E-state index is 6.29. The Bertz CT molecular complexity index is 394. The summed E-state index contributed by atoms with van der Waals surface area (Å²) < 4.78 is 3.26. The van der Waals surface area contributed by atoms with E-state index in [0.717, 1.165) is 23.1 Å². The number of rotatable bonds is 4. The van der Waals surface area contributed by atoms with Crippen molar-refractivity contribution in [2.24, 2.45) is 5.41 Å². The van der Waals surface area contributed by atoms with Crippen molar-refractivity contribution < 1.29 is 0 Å². The van der Waals surface area contributed by atoms with E-state index in [1.807, 2.05) is 6.92 Å². The zero-order valence-corrected chi connectivity index (χ0v) is 12.4. The average molecular weight is 306 g/mol. The summed E-state index contributed by atoms with van der Waals surface area (Å²) in [7, 11) is 0. The summed E-state index contributed by atoms with van der Waals surface area (Å²) in [5, 5.41) is 4.78. The van der Waals surface area contributed by atoms with Crippen LogP contribution < -0.4 is 0 Å². The van der Waals surface area contributed by atoms with Gasteiger partial charge in [0.25, 0.3) is 0 Å². The van der Waals surface area contributed by atoms with Gasteiger partial charge in [0.1, 0.15) is 0 Å². The molecule has 90 valence electrons. The molecule has 1 heterocycles. The van der Waals surface area contributed by atoms with Crippen LogP contribution in [0.2, 0.25) is 0 Å². The van der Waals surface area contributed by atoms with Crippen LogP contribution in [0.3, 0.4) is 0 Å². The fourth-order valence-corrected chi connectivity index (χ4v) is 2.97. The van der Waals surface area contributed by atoms with Gasteiger partial charge in [-0.1, -0.05) is 0 Å². The van der Waals surface area contributed by atoms with Crippen molar-refractivity contribution in [2.75, 3.05) is 0 Å². The van der Waals surface area contributed by atoms with Gasteiger partial charge in [-0.2, -0.15) is 5.10 Å². The molecule has 2 rings (SSSR count). The summed E-state index contributed by atoms with van der Waals surface area (Å²) in [6.07, 6.45) is 3.54. The zero-order valence-electron chi connectivity index (χ0n) is 10.1. The molecule has 1 unspecified atom stereocenters. The van der Waals surface area contributed by atoms with Crippen molar-refractivity contribution in [1.29, 1.82) is 0 Å². The van der Waals surface area contributed by atoms with Crippen LogP contribution in [0.4, 0.5) is 0 Å². The van der Waals surface area contributed by atoms with Gasteiger partial charge in [-0.15, -0.1) is 11.6 Å². The summed E-state index contributed by atoms with van der Waals surface area (Å²) in [6, 6.07) is 0. The number of hydrogen-bond acceptors (Lipinski definition) is 1. The van der Waals surface area contributed by atoms with Gasteiger partial charge < -0.3 is 0 Å². The third-order valence-corrected chi connectivity index (χ3v) is 5.20. The molecule has 1 aromatic rings. The van der Waals surface area contributed by atoms with Crippen molar-refractivity contribution in [3.63, 3.8) is 0 Å². The Morgan fingerprint density at radius 1 is 1.56 bits per heavy atom. The fraction of sp³-hybridized carbons (Fsp3) is 0.750. The van der Waals surface area contributed by atoms with Crippen molar-refractivity contribution in [3.8, 4) is 0 Å². The van der Waals surface area contributed by atoms with Crippen molar-refractivity contribution >= 4 is 27.5 Å². The molecule has 1 atom stereocenters. The lowest BCUT2D eigenvalue weighted by Gasteiger charge is -2.18. The molecule has 0 saturated heterocycles. The SMILES string of the molecule is CCn1nc(C)c(Br)c1CC1(C(C)Cl)CC1. The molecular formula is C12H18BrClN2. The molecule has 0 spiro atoms. The molecule has 16 heavy (non-hydrogen) atoms. The van der Waals surface area contributed by atoms with E-state index in [1.165, 1.54) is 18.5 Å². The monoisotopic (exact) mass is 304 g/mol. The van der Waals surface area contributed by atoms with Crippen LogP contribution in [0, 0.1) is 12.3 Å². The molecule has 2 nitrogen and oxygen atoms in total. The van der Waals surface area contributed by atoms with E-state index in [4.69, 9.17) is 11.6 Å². The summed E-state index contributed by atoms with van der Waals surface area (Å²) in [5.41, 5.74) is 2.71. The molecule has 1 aromatic heterocycles. The minimum Gasteiger partial charge on any atom is -0.268 e. The third-order valence-electron chi connectivity index (χ3n) is 3.71. The second-order valence-corrected chi connectivity index (χ2v) is 6.26.